The molecule has 1 heterocycles. The van der Waals surface area contributed by atoms with E-state index in [0.717, 1.165) is 24.9 Å². The second-order valence-corrected chi connectivity index (χ2v) is 4.26. The van der Waals surface area contributed by atoms with Gasteiger partial charge >= 0.3 is 0 Å². The molecule has 2 unspecified atom stereocenters. The lowest BCUT2D eigenvalue weighted by molar-refractivity contribution is -0.118. The Morgan fingerprint density at radius 3 is 2.93 bits per heavy atom. The van der Waals surface area contributed by atoms with E-state index < -0.39 is 0 Å². The molecule has 3 nitrogen and oxygen atoms in total. The van der Waals surface area contributed by atoms with Gasteiger partial charge in [0.1, 0.15) is 6.29 Å². The number of anilines is 1. The summed E-state index contributed by atoms with van der Waals surface area (Å²) in [5.74, 6) is 1.06. The summed E-state index contributed by atoms with van der Waals surface area (Å²) in [6.45, 7) is 0.825. The molecule has 2 atom stereocenters. The zero-order chi connectivity index (χ0) is 10.4. The van der Waals surface area contributed by atoms with E-state index in [2.05, 4.69) is 0 Å². The van der Waals surface area contributed by atoms with Crippen LogP contribution in [0.15, 0.2) is 24.3 Å². The van der Waals surface area contributed by atoms with E-state index in [9.17, 15) is 9.59 Å². The molecule has 15 heavy (non-hydrogen) atoms. The summed E-state index contributed by atoms with van der Waals surface area (Å²) in [7, 11) is 0. The van der Waals surface area contributed by atoms with E-state index >= 15 is 0 Å². The van der Waals surface area contributed by atoms with Gasteiger partial charge in [-0.1, -0.05) is 12.1 Å². The highest BCUT2D eigenvalue weighted by Crippen LogP contribution is 2.47. The number of carbonyl (C=O) groups excluding carboxylic acids is 2. The van der Waals surface area contributed by atoms with Crippen molar-refractivity contribution in [3.63, 3.8) is 0 Å². The number of nitrogens with zero attached hydrogens (tertiary/aromatic N) is 1. The molecule has 0 N–H and O–H groups in total. The molecule has 0 aromatic heterocycles. The smallest absolute Gasteiger partial charge is 0.230 e. The van der Waals surface area contributed by atoms with Gasteiger partial charge in [0, 0.05) is 23.7 Å². The largest absolute Gasteiger partial charge is 0.312 e. The van der Waals surface area contributed by atoms with Gasteiger partial charge in [-0.2, -0.15) is 0 Å². The van der Waals surface area contributed by atoms with E-state index in [1.165, 1.54) is 0 Å². The minimum atomic E-state index is 0.225. The molecular formula is C12H11NO2. The second kappa shape index (κ2) is 2.92. The topological polar surface area (TPSA) is 37.4 Å². The zero-order valence-electron chi connectivity index (χ0n) is 8.22. The van der Waals surface area contributed by atoms with Gasteiger partial charge in [-0.25, -0.2) is 0 Å². The maximum Gasteiger partial charge on any atom is 0.230 e. The van der Waals surface area contributed by atoms with Crippen LogP contribution in [0, 0.1) is 11.8 Å². The molecule has 2 fully saturated rings. The number of hydrogen-bond acceptors (Lipinski definition) is 2. The number of carbonyl (C=O) groups is 2. The highest BCUT2D eigenvalue weighted by molar-refractivity contribution is 6.00. The van der Waals surface area contributed by atoms with Gasteiger partial charge in [-0.3, -0.25) is 9.59 Å². The van der Waals surface area contributed by atoms with Gasteiger partial charge in [0.05, 0.1) is 0 Å². The molecule has 1 amide bonds. The average Bonchev–Trinajstić information content (AvgIpc) is 2.98. The molecule has 3 heteroatoms. The Kier molecular flexibility index (Phi) is 1.69. The molecule has 1 aromatic rings. The van der Waals surface area contributed by atoms with Crippen LogP contribution in [0.25, 0.3) is 0 Å². The number of benzene rings is 1. The standard InChI is InChI=1S/C12H11NO2/c14-7-8-2-1-3-10(4-8)13-6-9-5-11(9)12(13)15/h1-4,7,9,11H,5-6H2. The maximum absolute atomic E-state index is 11.8. The molecule has 1 saturated carbocycles. The lowest BCUT2D eigenvalue weighted by atomic mass is 10.2. The molecule has 1 aromatic carbocycles. The molecule has 1 aliphatic carbocycles. The minimum Gasteiger partial charge on any atom is -0.312 e. The van der Waals surface area contributed by atoms with Crippen LogP contribution in [0.4, 0.5) is 5.69 Å². The maximum atomic E-state index is 11.8. The fourth-order valence-electron chi connectivity index (χ4n) is 2.28. The Morgan fingerprint density at radius 1 is 1.40 bits per heavy atom. The number of hydrogen-bond donors (Lipinski definition) is 0. The van der Waals surface area contributed by atoms with Gasteiger partial charge in [0.2, 0.25) is 5.91 Å². The first kappa shape index (κ1) is 8.65. The summed E-state index contributed by atoms with van der Waals surface area (Å²) in [5, 5.41) is 0. The van der Waals surface area contributed by atoms with Crippen LogP contribution in [-0.4, -0.2) is 18.7 Å². The summed E-state index contributed by atoms with van der Waals surface area (Å²) in [4.78, 5) is 24.2. The van der Waals surface area contributed by atoms with Crippen LogP contribution < -0.4 is 4.90 Å². The van der Waals surface area contributed by atoms with E-state index in [-0.39, 0.29) is 11.8 Å². The van der Waals surface area contributed by atoms with Crippen molar-refractivity contribution in [2.45, 2.75) is 6.42 Å². The number of aldehydes is 1. The van der Waals surface area contributed by atoms with Crippen LogP contribution in [0.2, 0.25) is 0 Å². The molecule has 0 spiro atoms. The predicted molar refractivity (Wildman–Crippen MR) is 55.8 cm³/mol. The van der Waals surface area contributed by atoms with Crippen molar-refractivity contribution in [2.24, 2.45) is 11.8 Å². The van der Waals surface area contributed by atoms with Gasteiger partial charge in [-0.05, 0) is 24.5 Å². The second-order valence-electron chi connectivity index (χ2n) is 4.26. The Hall–Kier alpha value is -1.64. The molecule has 1 aliphatic heterocycles. The van der Waals surface area contributed by atoms with Gasteiger partial charge in [0.25, 0.3) is 0 Å². The Labute approximate surface area is 87.7 Å². The molecule has 2 aliphatic rings. The Morgan fingerprint density at radius 2 is 2.27 bits per heavy atom. The summed E-state index contributed by atoms with van der Waals surface area (Å²) in [5.41, 5.74) is 1.48. The van der Waals surface area contributed by atoms with Crippen LogP contribution in [0.3, 0.4) is 0 Å². The monoisotopic (exact) mass is 201 g/mol. The minimum absolute atomic E-state index is 0.225. The van der Waals surface area contributed by atoms with Crippen molar-refractivity contribution >= 4 is 17.9 Å². The van der Waals surface area contributed by atoms with Crippen molar-refractivity contribution in [2.75, 3.05) is 11.4 Å². The first-order chi connectivity index (χ1) is 7.29. The summed E-state index contributed by atoms with van der Waals surface area (Å²) >= 11 is 0. The Balaban J connectivity index is 1.92. The highest BCUT2D eigenvalue weighted by Gasteiger charge is 2.52. The zero-order valence-corrected chi connectivity index (χ0v) is 8.22. The van der Waals surface area contributed by atoms with Crippen LogP contribution >= 0.6 is 0 Å². The first-order valence-corrected chi connectivity index (χ1v) is 5.16. The summed E-state index contributed by atoms with van der Waals surface area (Å²) in [6.07, 6.45) is 1.87. The van der Waals surface area contributed by atoms with Gasteiger partial charge in [-0.15, -0.1) is 0 Å². The fourth-order valence-corrected chi connectivity index (χ4v) is 2.28. The quantitative estimate of drug-likeness (QED) is 0.680. The third kappa shape index (κ3) is 1.27. The molecular weight excluding hydrogens is 190 g/mol. The van der Waals surface area contributed by atoms with Gasteiger partial charge < -0.3 is 4.90 Å². The van der Waals surface area contributed by atoms with Crippen molar-refractivity contribution in [1.29, 1.82) is 0 Å². The number of piperidine rings is 1. The lowest BCUT2D eigenvalue weighted by Crippen LogP contribution is -2.27. The van der Waals surface area contributed by atoms with Crippen LogP contribution in [-0.2, 0) is 4.79 Å². The third-order valence-corrected chi connectivity index (χ3v) is 3.24. The number of fused-ring (bicyclic) bond motifs is 1. The van der Waals surface area contributed by atoms with E-state index in [1.54, 1.807) is 17.0 Å². The van der Waals surface area contributed by atoms with Gasteiger partial charge in [0.15, 0.2) is 0 Å². The Bertz CT molecular complexity index is 441. The molecule has 1 saturated heterocycles. The van der Waals surface area contributed by atoms with Crippen molar-refractivity contribution in [1.82, 2.24) is 0 Å². The first-order valence-electron chi connectivity index (χ1n) is 5.16. The molecule has 0 bridgehead atoms. The molecule has 3 rings (SSSR count). The summed E-state index contributed by atoms with van der Waals surface area (Å²) < 4.78 is 0. The normalized spacial score (nSPS) is 27.7. The van der Waals surface area contributed by atoms with Crippen molar-refractivity contribution < 1.29 is 9.59 Å². The SMILES string of the molecule is O=Cc1cccc(N2CC3CC3C2=O)c1. The van der Waals surface area contributed by atoms with E-state index in [0.29, 0.717) is 11.5 Å². The lowest BCUT2D eigenvalue weighted by Gasteiger charge is -2.18. The van der Waals surface area contributed by atoms with Crippen LogP contribution in [0.5, 0.6) is 0 Å². The number of rotatable bonds is 2. The van der Waals surface area contributed by atoms with Crippen LogP contribution in [0.1, 0.15) is 16.8 Å². The molecule has 76 valence electrons. The average molecular weight is 201 g/mol. The fraction of sp³-hybridized carbons (Fsp3) is 0.333. The molecule has 0 radical (unpaired) electrons. The highest BCUT2D eigenvalue weighted by atomic mass is 16.2. The summed E-state index contributed by atoms with van der Waals surface area (Å²) in [6, 6.07) is 7.22. The van der Waals surface area contributed by atoms with E-state index in [1.807, 2.05) is 12.1 Å². The predicted octanol–water partition coefficient (Wildman–Crippen LogP) is 1.48. The van der Waals surface area contributed by atoms with Crippen molar-refractivity contribution in [3.8, 4) is 0 Å². The third-order valence-electron chi connectivity index (χ3n) is 3.24. The van der Waals surface area contributed by atoms with E-state index in [4.69, 9.17) is 0 Å². The van der Waals surface area contributed by atoms with Crippen molar-refractivity contribution in [3.05, 3.63) is 29.8 Å². The number of amides is 1.